The van der Waals surface area contributed by atoms with Crippen molar-refractivity contribution in [2.24, 2.45) is 0 Å². The second-order valence-corrected chi connectivity index (χ2v) is 8.91. The molecule has 0 aliphatic carbocycles. The molecule has 6 heteroatoms. The van der Waals surface area contributed by atoms with Crippen LogP contribution in [-0.4, -0.2) is 29.1 Å². The van der Waals surface area contributed by atoms with Gasteiger partial charge in [0.2, 0.25) is 0 Å². The van der Waals surface area contributed by atoms with Crippen LogP contribution in [0.15, 0.2) is 122 Å². The highest BCUT2D eigenvalue weighted by atomic mass is 15.3. The number of pyridine rings is 1. The van der Waals surface area contributed by atoms with Gasteiger partial charge in [-0.25, -0.2) is 14.5 Å². The molecule has 0 spiro atoms. The Kier molecular flexibility index (Phi) is 5.07. The van der Waals surface area contributed by atoms with E-state index in [2.05, 4.69) is 82.3 Å². The van der Waals surface area contributed by atoms with Crippen LogP contribution in [0.1, 0.15) is 5.56 Å². The lowest BCUT2D eigenvalue weighted by Crippen LogP contribution is -2.03. The first-order chi connectivity index (χ1) is 18.4. The van der Waals surface area contributed by atoms with Crippen molar-refractivity contribution in [1.82, 2.24) is 29.1 Å². The lowest BCUT2D eigenvalue weighted by Gasteiger charge is -2.13. The van der Waals surface area contributed by atoms with E-state index in [1.165, 1.54) is 5.56 Å². The van der Waals surface area contributed by atoms with Gasteiger partial charge in [0.05, 0.1) is 11.1 Å². The van der Waals surface area contributed by atoms with Gasteiger partial charge in [-0.3, -0.25) is 4.98 Å². The van der Waals surface area contributed by atoms with Gasteiger partial charge >= 0.3 is 0 Å². The Morgan fingerprint density at radius 1 is 0.622 bits per heavy atom. The van der Waals surface area contributed by atoms with E-state index in [1.54, 1.807) is 23.2 Å². The zero-order chi connectivity index (χ0) is 24.6. The van der Waals surface area contributed by atoms with E-state index in [0.717, 1.165) is 44.6 Å². The van der Waals surface area contributed by atoms with Gasteiger partial charge in [0.15, 0.2) is 11.5 Å². The molecule has 0 unspecified atom stereocenters. The van der Waals surface area contributed by atoms with Crippen LogP contribution >= 0.6 is 0 Å². The number of hydrogen-bond donors (Lipinski definition) is 0. The van der Waals surface area contributed by atoms with Crippen molar-refractivity contribution >= 4 is 16.7 Å². The Bertz CT molecular complexity index is 1820. The maximum Gasteiger partial charge on any atom is 0.182 e. The van der Waals surface area contributed by atoms with E-state index >= 15 is 0 Å². The summed E-state index contributed by atoms with van der Waals surface area (Å²) in [5.41, 5.74) is 8.23. The van der Waals surface area contributed by atoms with Gasteiger partial charge in [-0.2, -0.15) is 0 Å². The second-order valence-electron chi connectivity index (χ2n) is 8.91. The summed E-state index contributed by atoms with van der Waals surface area (Å²) in [6.07, 6.45) is 5.28. The minimum Gasteiger partial charge on any atom is -0.320 e. The van der Waals surface area contributed by atoms with Crippen LogP contribution in [0.25, 0.3) is 50.5 Å². The van der Waals surface area contributed by atoms with Crippen LogP contribution in [0.3, 0.4) is 0 Å². The van der Waals surface area contributed by atoms with Crippen molar-refractivity contribution < 1.29 is 0 Å². The van der Waals surface area contributed by atoms with Crippen molar-refractivity contribution in [3.05, 3.63) is 127 Å². The van der Waals surface area contributed by atoms with Crippen molar-refractivity contribution in [2.75, 3.05) is 0 Å². The van der Waals surface area contributed by atoms with E-state index in [-0.39, 0.29) is 0 Å². The zero-order valence-electron chi connectivity index (χ0n) is 19.9. The molecule has 0 radical (unpaired) electrons. The van der Waals surface area contributed by atoms with Crippen molar-refractivity contribution in [2.45, 2.75) is 6.54 Å². The summed E-state index contributed by atoms with van der Waals surface area (Å²) < 4.78 is 4.09. The fourth-order valence-corrected chi connectivity index (χ4v) is 4.96. The van der Waals surface area contributed by atoms with E-state index < -0.39 is 0 Å². The maximum atomic E-state index is 5.02. The minimum atomic E-state index is 0.646. The largest absolute Gasteiger partial charge is 0.320 e. The number of rotatable bonds is 5. The molecular weight excluding hydrogens is 456 g/mol. The molecule has 4 heterocycles. The molecule has 0 saturated carbocycles. The van der Waals surface area contributed by atoms with Gasteiger partial charge in [0.25, 0.3) is 0 Å². The first-order valence-electron chi connectivity index (χ1n) is 12.2. The molecular formula is C31H22N6. The van der Waals surface area contributed by atoms with E-state index in [9.17, 15) is 0 Å². The molecule has 0 amide bonds. The molecule has 7 rings (SSSR count). The lowest BCUT2D eigenvalue weighted by molar-refractivity contribution is 0.826. The summed E-state index contributed by atoms with van der Waals surface area (Å²) in [6.45, 7) is 0.683. The second kappa shape index (κ2) is 8.84. The molecule has 0 N–H and O–H groups in total. The highest BCUT2D eigenvalue weighted by Gasteiger charge is 2.25. The molecule has 6 nitrogen and oxygen atoms in total. The third kappa shape index (κ3) is 3.67. The summed E-state index contributed by atoms with van der Waals surface area (Å²) in [5.74, 6) is 0.646. The van der Waals surface area contributed by atoms with E-state index in [1.807, 2.05) is 30.3 Å². The quantitative estimate of drug-likeness (QED) is 0.282. The van der Waals surface area contributed by atoms with Gasteiger partial charge in [-0.15, -0.1) is 5.10 Å². The molecule has 37 heavy (non-hydrogen) atoms. The van der Waals surface area contributed by atoms with Gasteiger partial charge in [0, 0.05) is 30.1 Å². The Balaban J connectivity index is 1.60. The fraction of sp³-hybridized carbons (Fsp3) is 0.0323. The van der Waals surface area contributed by atoms with Crippen LogP contribution in [0.5, 0.6) is 0 Å². The average molecular weight is 479 g/mol. The predicted molar refractivity (Wildman–Crippen MR) is 146 cm³/mol. The maximum absolute atomic E-state index is 5.02. The first kappa shape index (κ1) is 21.2. The SMILES string of the molecule is c1ccc(Cn2c(-c3ccccc3)c(-c3ccccc3)c3c2ncn2nc(-c4ccncc4)nc32)cc1. The summed E-state index contributed by atoms with van der Waals surface area (Å²) in [5, 5.41) is 5.75. The molecule has 7 aromatic rings. The molecule has 3 aromatic carbocycles. The van der Waals surface area contributed by atoms with Crippen molar-refractivity contribution in [3.8, 4) is 33.8 Å². The van der Waals surface area contributed by atoms with Crippen LogP contribution in [0.2, 0.25) is 0 Å². The highest BCUT2D eigenvalue weighted by molar-refractivity contribution is 6.09. The topological polar surface area (TPSA) is 60.9 Å². The first-order valence-corrected chi connectivity index (χ1v) is 12.2. The highest BCUT2D eigenvalue weighted by Crippen LogP contribution is 2.42. The zero-order valence-corrected chi connectivity index (χ0v) is 19.9. The van der Waals surface area contributed by atoms with Crippen molar-refractivity contribution in [3.63, 3.8) is 0 Å². The number of benzene rings is 3. The number of fused-ring (bicyclic) bond motifs is 3. The molecule has 0 aliphatic heterocycles. The molecule has 0 atom stereocenters. The van der Waals surface area contributed by atoms with Gasteiger partial charge in [0.1, 0.15) is 12.0 Å². The van der Waals surface area contributed by atoms with Crippen LogP contribution in [0.4, 0.5) is 0 Å². The lowest BCUT2D eigenvalue weighted by atomic mass is 9.99. The Hall–Kier alpha value is -5.10. The Morgan fingerprint density at radius 3 is 1.97 bits per heavy atom. The molecule has 0 saturated heterocycles. The normalized spacial score (nSPS) is 11.4. The van der Waals surface area contributed by atoms with Crippen LogP contribution < -0.4 is 0 Å². The van der Waals surface area contributed by atoms with Gasteiger partial charge in [-0.1, -0.05) is 91.0 Å². The summed E-state index contributed by atoms with van der Waals surface area (Å²) in [4.78, 5) is 14.1. The monoisotopic (exact) mass is 478 g/mol. The third-order valence-corrected chi connectivity index (χ3v) is 6.61. The van der Waals surface area contributed by atoms with Crippen molar-refractivity contribution in [1.29, 1.82) is 0 Å². The van der Waals surface area contributed by atoms with Gasteiger partial charge in [-0.05, 0) is 28.8 Å². The molecule has 0 aliphatic rings. The number of nitrogens with zero attached hydrogens (tertiary/aromatic N) is 6. The molecule has 4 aromatic heterocycles. The predicted octanol–water partition coefficient (Wildman–Crippen LogP) is 6.52. The summed E-state index contributed by atoms with van der Waals surface area (Å²) in [6, 6.07) is 35.4. The van der Waals surface area contributed by atoms with E-state index in [0.29, 0.717) is 12.4 Å². The Labute approximate surface area is 213 Å². The summed E-state index contributed by atoms with van der Waals surface area (Å²) in [7, 11) is 0. The Morgan fingerprint density at radius 2 is 1.27 bits per heavy atom. The standard InChI is InChI=1S/C31H22N6/c1-4-10-22(11-5-1)20-36-28(24-14-8-3-9-15-24)26(23-12-6-2-7-13-23)27-30(36)33-21-37-31(27)34-29(35-37)25-16-18-32-19-17-25/h1-19,21H,20H2. The van der Waals surface area contributed by atoms with Crippen LogP contribution in [-0.2, 0) is 6.54 Å². The summed E-state index contributed by atoms with van der Waals surface area (Å²) >= 11 is 0. The van der Waals surface area contributed by atoms with Gasteiger partial charge < -0.3 is 4.57 Å². The molecule has 176 valence electrons. The smallest absolute Gasteiger partial charge is 0.182 e. The molecule has 0 fully saturated rings. The third-order valence-electron chi connectivity index (χ3n) is 6.61. The average Bonchev–Trinajstić information content (AvgIpc) is 3.55. The number of aromatic nitrogens is 6. The van der Waals surface area contributed by atoms with E-state index in [4.69, 9.17) is 15.1 Å². The number of hydrogen-bond acceptors (Lipinski definition) is 4. The fourth-order valence-electron chi connectivity index (χ4n) is 4.96. The minimum absolute atomic E-state index is 0.646. The van der Waals surface area contributed by atoms with Crippen LogP contribution in [0, 0.1) is 0 Å². The molecule has 0 bridgehead atoms.